The molecular weight excluding hydrogens is 225 g/mol. The van der Waals surface area contributed by atoms with E-state index in [1.165, 1.54) is 10.9 Å². The lowest BCUT2D eigenvalue weighted by atomic mass is 10.2. The molecule has 0 radical (unpaired) electrons. The van der Waals surface area contributed by atoms with E-state index in [4.69, 9.17) is 4.74 Å². The predicted molar refractivity (Wildman–Crippen MR) is 65.5 cm³/mol. The molecule has 86 valence electrons. The molecule has 1 unspecified atom stereocenters. The van der Waals surface area contributed by atoms with Gasteiger partial charge in [0.05, 0.1) is 12.6 Å². The molecule has 0 saturated carbocycles. The first-order valence-corrected chi connectivity index (χ1v) is 5.91. The normalized spacial score (nSPS) is 13.2. The van der Waals surface area contributed by atoms with E-state index in [1.54, 1.807) is 24.5 Å². The van der Waals surface area contributed by atoms with E-state index in [0.717, 1.165) is 10.1 Å². The molecule has 0 amide bonds. The lowest BCUT2D eigenvalue weighted by Crippen LogP contribution is -2.19. The number of hydrogen-bond acceptors (Lipinski definition) is 3. The van der Waals surface area contributed by atoms with E-state index >= 15 is 0 Å². The van der Waals surface area contributed by atoms with Crippen LogP contribution in [0.1, 0.15) is 10.9 Å². The fraction of sp³-hybridized carbons (Fsp3) is 0.333. The summed E-state index contributed by atoms with van der Waals surface area (Å²) in [4.78, 5) is 1.17. The van der Waals surface area contributed by atoms with Crippen molar-refractivity contribution in [2.45, 2.75) is 6.04 Å². The number of hydrogen-bond donors (Lipinski definition) is 1. The van der Waals surface area contributed by atoms with Gasteiger partial charge in [-0.15, -0.1) is 11.3 Å². The number of nitrogens with one attached hydrogen (secondary N) is 1. The summed E-state index contributed by atoms with van der Waals surface area (Å²) in [6.07, 6.45) is 0. The van der Waals surface area contributed by atoms with Gasteiger partial charge in [-0.2, -0.15) is 0 Å². The molecule has 2 nitrogen and oxygen atoms in total. The zero-order valence-corrected chi connectivity index (χ0v) is 10.1. The molecule has 1 aromatic carbocycles. The van der Waals surface area contributed by atoms with Crippen molar-refractivity contribution in [3.63, 3.8) is 0 Å². The maximum Gasteiger partial charge on any atom is 0.123 e. The Morgan fingerprint density at radius 3 is 2.94 bits per heavy atom. The number of fused-ring (bicyclic) bond motifs is 1. The van der Waals surface area contributed by atoms with Crippen molar-refractivity contribution in [1.29, 1.82) is 0 Å². The Morgan fingerprint density at radius 1 is 1.44 bits per heavy atom. The molecule has 1 N–H and O–H groups in total. The van der Waals surface area contributed by atoms with Crippen LogP contribution in [0.5, 0.6) is 0 Å². The molecule has 4 heteroatoms. The van der Waals surface area contributed by atoms with Crippen molar-refractivity contribution in [2.24, 2.45) is 0 Å². The van der Waals surface area contributed by atoms with Gasteiger partial charge in [0, 0.05) is 16.7 Å². The van der Waals surface area contributed by atoms with E-state index in [-0.39, 0.29) is 11.9 Å². The van der Waals surface area contributed by atoms with Crippen molar-refractivity contribution in [2.75, 3.05) is 20.8 Å². The lowest BCUT2D eigenvalue weighted by Gasteiger charge is -2.12. The average molecular weight is 239 g/mol. The highest BCUT2D eigenvalue weighted by Gasteiger charge is 2.12. The van der Waals surface area contributed by atoms with Gasteiger partial charge >= 0.3 is 0 Å². The molecule has 0 bridgehead atoms. The van der Waals surface area contributed by atoms with E-state index in [1.807, 2.05) is 19.2 Å². The van der Waals surface area contributed by atoms with Gasteiger partial charge in [-0.1, -0.05) is 0 Å². The molecule has 0 aliphatic carbocycles. The maximum absolute atomic E-state index is 13.0. The van der Waals surface area contributed by atoms with E-state index in [9.17, 15) is 4.39 Å². The number of ether oxygens (including phenoxy) is 1. The number of rotatable bonds is 4. The summed E-state index contributed by atoms with van der Waals surface area (Å²) in [6, 6.07) is 7.06. The van der Waals surface area contributed by atoms with Crippen LogP contribution in [0.25, 0.3) is 10.1 Å². The molecule has 2 aromatic rings. The highest BCUT2D eigenvalue weighted by molar-refractivity contribution is 7.19. The molecule has 1 heterocycles. The summed E-state index contributed by atoms with van der Waals surface area (Å²) in [5, 5.41) is 4.14. The summed E-state index contributed by atoms with van der Waals surface area (Å²) in [6.45, 7) is 0.617. The highest BCUT2D eigenvalue weighted by Crippen LogP contribution is 2.30. The molecule has 0 spiro atoms. The smallest absolute Gasteiger partial charge is 0.123 e. The van der Waals surface area contributed by atoms with Gasteiger partial charge in [0.2, 0.25) is 0 Å². The first-order valence-electron chi connectivity index (χ1n) is 5.10. The first kappa shape index (κ1) is 11.5. The van der Waals surface area contributed by atoms with Crippen LogP contribution in [-0.4, -0.2) is 20.8 Å². The van der Waals surface area contributed by atoms with Crippen LogP contribution in [0.4, 0.5) is 4.39 Å². The second-order valence-corrected chi connectivity index (χ2v) is 4.74. The third-order valence-corrected chi connectivity index (χ3v) is 3.75. The van der Waals surface area contributed by atoms with Crippen LogP contribution < -0.4 is 5.32 Å². The van der Waals surface area contributed by atoms with Crippen LogP contribution in [0.2, 0.25) is 0 Å². The average Bonchev–Trinajstić information content (AvgIpc) is 2.68. The van der Waals surface area contributed by atoms with Crippen molar-refractivity contribution in [3.8, 4) is 0 Å². The molecule has 16 heavy (non-hydrogen) atoms. The van der Waals surface area contributed by atoms with Crippen LogP contribution in [0.3, 0.4) is 0 Å². The van der Waals surface area contributed by atoms with Gasteiger partial charge in [0.1, 0.15) is 5.82 Å². The lowest BCUT2D eigenvalue weighted by molar-refractivity contribution is 0.171. The summed E-state index contributed by atoms with van der Waals surface area (Å²) in [7, 11) is 3.58. The number of likely N-dealkylation sites (N-methyl/N-ethyl adjacent to an activating group) is 1. The summed E-state index contributed by atoms with van der Waals surface area (Å²) in [5.74, 6) is -0.190. The Hall–Kier alpha value is -0.970. The molecule has 1 atom stereocenters. The topological polar surface area (TPSA) is 21.3 Å². The fourth-order valence-electron chi connectivity index (χ4n) is 1.68. The van der Waals surface area contributed by atoms with E-state index in [2.05, 4.69) is 5.32 Å². The van der Waals surface area contributed by atoms with Crippen LogP contribution in [0, 0.1) is 5.82 Å². The van der Waals surface area contributed by atoms with Crippen LogP contribution >= 0.6 is 11.3 Å². The number of thiophene rings is 1. The van der Waals surface area contributed by atoms with Gasteiger partial charge < -0.3 is 10.1 Å². The molecule has 0 saturated heterocycles. The molecular formula is C12H14FNOS. The second-order valence-electron chi connectivity index (χ2n) is 3.63. The summed E-state index contributed by atoms with van der Waals surface area (Å²) >= 11 is 1.67. The third kappa shape index (κ3) is 2.24. The fourth-order valence-corrected chi connectivity index (χ4v) is 2.82. The van der Waals surface area contributed by atoms with Crippen molar-refractivity contribution in [1.82, 2.24) is 5.32 Å². The minimum atomic E-state index is -0.190. The third-order valence-electron chi connectivity index (χ3n) is 2.52. The standard InChI is InChI=1S/C12H14FNOS/c1-14-10(7-15-2)12-6-8-5-9(13)3-4-11(8)16-12/h3-6,10,14H,7H2,1-2H3. The van der Waals surface area contributed by atoms with Crippen molar-refractivity contribution in [3.05, 3.63) is 35.0 Å². The molecule has 0 aliphatic heterocycles. The number of halogens is 1. The molecule has 0 aliphatic rings. The van der Waals surface area contributed by atoms with Gasteiger partial charge in [0.15, 0.2) is 0 Å². The quantitative estimate of drug-likeness (QED) is 0.885. The van der Waals surface area contributed by atoms with Crippen LogP contribution in [0.15, 0.2) is 24.3 Å². The first-order chi connectivity index (χ1) is 7.74. The Bertz CT molecular complexity index is 483. The van der Waals surface area contributed by atoms with Gasteiger partial charge in [-0.05, 0) is 36.7 Å². The van der Waals surface area contributed by atoms with Crippen molar-refractivity contribution >= 4 is 21.4 Å². The second kappa shape index (κ2) is 4.91. The predicted octanol–water partition coefficient (Wildman–Crippen LogP) is 2.95. The highest BCUT2D eigenvalue weighted by atomic mass is 32.1. The molecule has 2 rings (SSSR count). The number of methoxy groups -OCH3 is 1. The largest absolute Gasteiger partial charge is 0.383 e. The van der Waals surface area contributed by atoms with Gasteiger partial charge in [-0.3, -0.25) is 0 Å². The monoisotopic (exact) mass is 239 g/mol. The van der Waals surface area contributed by atoms with Gasteiger partial charge in [-0.25, -0.2) is 4.39 Å². The summed E-state index contributed by atoms with van der Waals surface area (Å²) < 4.78 is 19.3. The Balaban J connectivity index is 2.37. The van der Waals surface area contributed by atoms with E-state index in [0.29, 0.717) is 6.61 Å². The summed E-state index contributed by atoms with van der Waals surface area (Å²) in [5.41, 5.74) is 0. The Kier molecular flexibility index (Phi) is 3.53. The van der Waals surface area contributed by atoms with Crippen LogP contribution in [-0.2, 0) is 4.74 Å². The minimum absolute atomic E-state index is 0.172. The zero-order valence-electron chi connectivity index (χ0n) is 9.29. The van der Waals surface area contributed by atoms with E-state index < -0.39 is 0 Å². The maximum atomic E-state index is 13.0. The SMILES string of the molecule is CNC(COC)c1cc2cc(F)ccc2s1. The van der Waals surface area contributed by atoms with Gasteiger partial charge in [0.25, 0.3) is 0 Å². The molecule has 1 aromatic heterocycles. The number of benzene rings is 1. The molecule has 0 fully saturated rings. The minimum Gasteiger partial charge on any atom is -0.383 e. The van der Waals surface area contributed by atoms with Crippen molar-refractivity contribution < 1.29 is 9.13 Å². The Morgan fingerprint density at radius 2 is 2.25 bits per heavy atom. The Labute approximate surface area is 98.0 Å². The zero-order chi connectivity index (χ0) is 11.5.